The summed E-state index contributed by atoms with van der Waals surface area (Å²) < 4.78 is 42.8. The van der Waals surface area contributed by atoms with Crippen LogP contribution < -0.4 is 0 Å². The number of halogens is 3. The maximum absolute atomic E-state index is 12.6. The molecule has 2 heterocycles. The number of carbonyl (C=O) groups is 1. The smallest absolute Gasteiger partial charge is 0.433 e. The van der Waals surface area contributed by atoms with Gasteiger partial charge in [0.05, 0.1) is 17.6 Å². The molecule has 0 spiro atoms. The van der Waals surface area contributed by atoms with Gasteiger partial charge in [-0.3, -0.25) is 0 Å². The van der Waals surface area contributed by atoms with Crippen LogP contribution in [0.4, 0.5) is 13.2 Å². The van der Waals surface area contributed by atoms with Crippen LogP contribution in [0.2, 0.25) is 0 Å². The highest BCUT2D eigenvalue weighted by atomic mass is 32.2. The number of rotatable bonds is 4. The van der Waals surface area contributed by atoms with Gasteiger partial charge in [0.25, 0.3) is 0 Å². The molecule has 0 saturated heterocycles. The minimum atomic E-state index is -4.61. The van der Waals surface area contributed by atoms with Gasteiger partial charge in [-0.05, 0) is 24.3 Å². The fraction of sp³-hybridized carbons (Fsp3) is 0.167. The Balaban J connectivity index is 2.29. The zero-order valence-corrected chi connectivity index (χ0v) is 10.7. The molecule has 0 aliphatic carbocycles. The third-order valence-electron chi connectivity index (χ3n) is 2.31. The number of nitrogens with zero attached hydrogens (tertiary/aromatic N) is 1. The number of carboxylic acid groups (broad SMARTS) is 1. The van der Waals surface area contributed by atoms with Gasteiger partial charge in [-0.1, -0.05) is 11.8 Å². The van der Waals surface area contributed by atoms with E-state index in [1.807, 2.05) is 0 Å². The molecular weight excluding hydrogens is 295 g/mol. The first-order valence-corrected chi connectivity index (χ1v) is 6.33. The summed E-state index contributed by atoms with van der Waals surface area (Å²) in [4.78, 5) is 14.4. The lowest BCUT2D eigenvalue weighted by atomic mass is 10.2. The first-order valence-electron chi connectivity index (χ1n) is 5.34. The highest BCUT2D eigenvalue weighted by molar-refractivity contribution is 7.98. The molecule has 0 unspecified atom stereocenters. The molecule has 8 heteroatoms. The Labute approximate surface area is 115 Å². The number of alkyl halides is 3. The van der Waals surface area contributed by atoms with Crippen LogP contribution in [-0.4, -0.2) is 16.1 Å². The van der Waals surface area contributed by atoms with Crippen LogP contribution in [0.3, 0.4) is 0 Å². The predicted molar refractivity (Wildman–Crippen MR) is 64.5 cm³/mol. The van der Waals surface area contributed by atoms with E-state index in [9.17, 15) is 18.0 Å². The summed E-state index contributed by atoms with van der Waals surface area (Å²) in [5.74, 6) is -0.611. The second kappa shape index (κ2) is 5.58. The molecule has 1 N–H and O–H groups in total. The lowest BCUT2D eigenvalue weighted by molar-refractivity contribution is -0.141. The van der Waals surface area contributed by atoms with E-state index < -0.39 is 17.8 Å². The molecule has 20 heavy (non-hydrogen) atoms. The monoisotopic (exact) mass is 303 g/mol. The van der Waals surface area contributed by atoms with Crippen LogP contribution in [0.25, 0.3) is 0 Å². The zero-order valence-electron chi connectivity index (χ0n) is 9.85. The first-order chi connectivity index (χ1) is 9.38. The molecule has 0 bridgehead atoms. The summed E-state index contributed by atoms with van der Waals surface area (Å²) in [5.41, 5.74) is -1.39. The maximum Gasteiger partial charge on any atom is 0.433 e. The highest BCUT2D eigenvalue weighted by Crippen LogP contribution is 2.32. The van der Waals surface area contributed by atoms with Crippen LogP contribution in [0.5, 0.6) is 0 Å². The molecule has 0 aliphatic rings. The normalized spacial score (nSPS) is 11.6. The van der Waals surface area contributed by atoms with E-state index in [0.717, 1.165) is 17.8 Å². The molecule has 0 atom stereocenters. The minimum Gasteiger partial charge on any atom is -0.478 e. The van der Waals surface area contributed by atoms with Crippen molar-refractivity contribution in [3.05, 3.63) is 47.5 Å². The van der Waals surface area contributed by atoms with Crippen molar-refractivity contribution >= 4 is 17.7 Å². The third-order valence-corrected chi connectivity index (χ3v) is 3.33. The van der Waals surface area contributed by atoms with Crippen LogP contribution in [0.15, 0.2) is 40.0 Å². The van der Waals surface area contributed by atoms with E-state index in [-0.39, 0.29) is 16.3 Å². The van der Waals surface area contributed by atoms with Gasteiger partial charge in [-0.25, -0.2) is 9.78 Å². The standard InChI is InChI=1S/C12H8F3NO3S/c13-12(14,15)9-4-3-8(11(17)18)10(16-9)20-6-7-2-1-5-19-7/h1-5H,6H2,(H,17,18). The number of hydrogen-bond donors (Lipinski definition) is 1. The van der Waals surface area contributed by atoms with Gasteiger partial charge in [0.15, 0.2) is 0 Å². The zero-order chi connectivity index (χ0) is 14.8. The molecule has 2 aromatic heterocycles. The van der Waals surface area contributed by atoms with E-state index in [1.54, 1.807) is 12.1 Å². The van der Waals surface area contributed by atoms with Crippen molar-refractivity contribution in [2.45, 2.75) is 17.0 Å². The number of aromatic nitrogens is 1. The topological polar surface area (TPSA) is 63.3 Å². The first kappa shape index (κ1) is 14.4. The quantitative estimate of drug-likeness (QED) is 0.873. The van der Waals surface area contributed by atoms with Crippen molar-refractivity contribution in [2.75, 3.05) is 0 Å². The highest BCUT2D eigenvalue weighted by Gasteiger charge is 2.33. The average molecular weight is 303 g/mol. The second-order valence-corrected chi connectivity index (χ2v) is 4.68. The molecular formula is C12H8F3NO3S. The number of thioether (sulfide) groups is 1. The number of aromatic carboxylic acids is 1. The van der Waals surface area contributed by atoms with E-state index in [1.165, 1.54) is 6.26 Å². The van der Waals surface area contributed by atoms with Crippen molar-refractivity contribution in [2.24, 2.45) is 0 Å². The summed E-state index contributed by atoms with van der Waals surface area (Å²) in [5, 5.41) is 8.77. The van der Waals surface area contributed by atoms with Gasteiger partial charge in [-0.15, -0.1) is 0 Å². The largest absolute Gasteiger partial charge is 0.478 e. The Bertz CT molecular complexity index is 611. The van der Waals surface area contributed by atoms with E-state index >= 15 is 0 Å². The summed E-state index contributed by atoms with van der Waals surface area (Å²) in [6, 6.07) is 4.83. The maximum atomic E-state index is 12.6. The molecule has 2 rings (SSSR count). The van der Waals surface area contributed by atoms with E-state index in [4.69, 9.17) is 9.52 Å². The fourth-order valence-corrected chi connectivity index (χ4v) is 2.32. The Morgan fingerprint density at radius 2 is 2.10 bits per heavy atom. The van der Waals surface area contributed by atoms with Gasteiger partial charge in [0.1, 0.15) is 16.5 Å². The fourth-order valence-electron chi connectivity index (χ4n) is 1.41. The second-order valence-electron chi connectivity index (χ2n) is 3.72. The SMILES string of the molecule is O=C(O)c1ccc(C(F)(F)F)nc1SCc1ccco1. The summed E-state index contributed by atoms with van der Waals surface area (Å²) in [6.07, 6.45) is -3.19. The van der Waals surface area contributed by atoms with Gasteiger partial charge in [0.2, 0.25) is 0 Å². The minimum absolute atomic E-state index is 0.191. The van der Waals surface area contributed by atoms with Gasteiger partial charge in [0, 0.05) is 0 Å². The van der Waals surface area contributed by atoms with Crippen molar-refractivity contribution in [1.82, 2.24) is 4.98 Å². The van der Waals surface area contributed by atoms with Crippen LogP contribution >= 0.6 is 11.8 Å². The molecule has 0 amide bonds. The number of furan rings is 1. The summed E-state index contributed by atoms with van der Waals surface area (Å²) in [6.45, 7) is 0. The van der Waals surface area contributed by atoms with Crippen LogP contribution in [-0.2, 0) is 11.9 Å². The Morgan fingerprint density at radius 1 is 1.35 bits per heavy atom. The van der Waals surface area contributed by atoms with E-state index in [0.29, 0.717) is 11.8 Å². The molecule has 4 nitrogen and oxygen atoms in total. The van der Waals surface area contributed by atoms with Crippen LogP contribution in [0, 0.1) is 0 Å². The van der Waals surface area contributed by atoms with Gasteiger partial charge < -0.3 is 9.52 Å². The lowest BCUT2D eigenvalue weighted by Gasteiger charge is -2.09. The van der Waals surface area contributed by atoms with Crippen molar-refractivity contribution in [1.29, 1.82) is 0 Å². The molecule has 0 fully saturated rings. The van der Waals surface area contributed by atoms with Crippen molar-refractivity contribution in [3.63, 3.8) is 0 Å². The molecule has 0 aromatic carbocycles. The van der Waals surface area contributed by atoms with Crippen molar-refractivity contribution < 1.29 is 27.5 Å². The molecule has 2 aromatic rings. The van der Waals surface area contributed by atoms with Crippen molar-refractivity contribution in [3.8, 4) is 0 Å². The molecule has 0 saturated carbocycles. The number of hydrogen-bond acceptors (Lipinski definition) is 4. The average Bonchev–Trinajstić information content (AvgIpc) is 2.87. The van der Waals surface area contributed by atoms with Gasteiger partial charge in [-0.2, -0.15) is 13.2 Å². The summed E-state index contributed by atoms with van der Waals surface area (Å²) >= 11 is 0.878. The van der Waals surface area contributed by atoms with Crippen LogP contribution in [0.1, 0.15) is 21.8 Å². The molecule has 0 aliphatic heterocycles. The Hall–Kier alpha value is -1.96. The Kier molecular flexibility index (Phi) is 4.03. The number of carboxylic acids is 1. The van der Waals surface area contributed by atoms with Gasteiger partial charge >= 0.3 is 12.1 Å². The number of pyridine rings is 1. The lowest BCUT2D eigenvalue weighted by Crippen LogP contribution is -2.11. The third kappa shape index (κ3) is 3.32. The molecule has 0 radical (unpaired) electrons. The summed E-state index contributed by atoms with van der Waals surface area (Å²) in [7, 11) is 0. The Morgan fingerprint density at radius 3 is 2.65 bits per heavy atom. The van der Waals surface area contributed by atoms with E-state index in [2.05, 4.69) is 4.98 Å². The molecule has 106 valence electrons. The predicted octanol–water partition coefficient (Wildman–Crippen LogP) is 3.68.